The maximum absolute atomic E-state index is 11.7. The quantitative estimate of drug-likeness (QED) is 0.253. The Kier molecular flexibility index (Phi) is 21.5. The van der Waals surface area contributed by atoms with Crippen molar-refractivity contribution >= 4 is 17.8 Å². The monoisotopic (exact) mass is 397 g/mol. The minimum atomic E-state index is -1.19. The first kappa shape index (κ1) is 28.3. The minimum Gasteiger partial charge on any atom is -1.00 e. The Bertz CT molecular complexity index is 396. The van der Waals surface area contributed by atoms with Crippen LogP contribution in [0.3, 0.4) is 0 Å². The van der Waals surface area contributed by atoms with Crippen LogP contribution in [0.15, 0.2) is 0 Å². The summed E-state index contributed by atoms with van der Waals surface area (Å²) in [7, 11) is 0. The largest absolute Gasteiger partial charge is 1.00 e. The van der Waals surface area contributed by atoms with E-state index >= 15 is 0 Å². The number of carboxylic acids is 2. The number of unbranched alkanes of at least 4 members (excludes halogenated alkanes) is 10. The van der Waals surface area contributed by atoms with Gasteiger partial charge in [0.2, 0.25) is 5.91 Å². The molecule has 0 heterocycles. The van der Waals surface area contributed by atoms with Crippen LogP contribution in [0.1, 0.15) is 98.2 Å². The van der Waals surface area contributed by atoms with Gasteiger partial charge >= 0.3 is 63.3 Å². The Morgan fingerprint density at radius 3 is 1.69 bits per heavy atom. The summed E-state index contributed by atoms with van der Waals surface area (Å²) in [6.45, 7) is 2.22. The van der Waals surface area contributed by atoms with Crippen LogP contribution in [0.4, 0.5) is 0 Å². The van der Waals surface area contributed by atoms with Gasteiger partial charge in [0.25, 0.3) is 0 Å². The van der Waals surface area contributed by atoms with E-state index in [0.29, 0.717) is 6.42 Å². The van der Waals surface area contributed by atoms with Crippen molar-refractivity contribution in [1.29, 1.82) is 0 Å². The molecule has 3 N–H and O–H groups in total. The number of aliphatic carboxylic acids is 2. The summed E-state index contributed by atoms with van der Waals surface area (Å²) >= 11 is 0. The Morgan fingerprint density at radius 1 is 0.808 bits per heavy atom. The molecule has 0 fully saturated rings. The maximum atomic E-state index is 11.7. The van der Waals surface area contributed by atoms with Crippen molar-refractivity contribution in [1.82, 2.24) is 5.32 Å². The van der Waals surface area contributed by atoms with Crippen LogP contribution < -0.4 is 56.7 Å². The summed E-state index contributed by atoms with van der Waals surface area (Å²) in [5.74, 6) is -2.56. The molecule has 0 bridgehead atoms. The van der Waals surface area contributed by atoms with Crippen LogP contribution in [0.5, 0.6) is 0 Å². The molecule has 148 valence electrons. The van der Waals surface area contributed by atoms with Gasteiger partial charge in [0, 0.05) is 12.8 Å². The van der Waals surface area contributed by atoms with E-state index in [1.165, 1.54) is 51.4 Å². The van der Waals surface area contributed by atoms with Crippen molar-refractivity contribution in [2.45, 2.75) is 103 Å². The molecule has 1 amide bonds. The Labute approximate surface area is 201 Å². The van der Waals surface area contributed by atoms with E-state index in [2.05, 4.69) is 12.2 Å². The topological polar surface area (TPSA) is 104 Å². The normalized spacial score (nSPS) is 11.4. The Balaban J connectivity index is -0.00000288. The average molecular weight is 398 g/mol. The molecule has 0 aliphatic heterocycles. The van der Waals surface area contributed by atoms with Gasteiger partial charge in [-0.25, -0.2) is 4.79 Å². The summed E-state index contributed by atoms with van der Waals surface area (Å²) in [6.07, 6.45) is 13.1. The van der Waals surface area contributed by atoms with Gasteiger partial charge in [-0.05, 0) is 12.8 Å². The fourth-order valence-electron chi connectivity index (χ4n) is 2.74. The molecule has 0 aliphatic rings. The Morgan fingerprint density at radius 2 is 1.27 bits per heavy atom. The molecule has 0 aromatic heterocycles. The number of carbonyl (C=O) groups excluding carboxylic acids is 1. The number of hydrogen-bond donors (Lipinski definition) is 3. The van der Waals surface area contributed by atoms with Gasteiger partial charge in [-0.3, -0.25) is 9.59 Å². The zero-order valence-corrected chi connectivity index (χ0v) is 19.7. The first-order chi connectivity index (χ1) is 12.0. The summed E-state index contributed by atoms with van der Waals surface area (Å²) in [6, 6.07) is -1.11. The second-order valence-electron chi connectivity index (χ2n) is 6.68. The number of carboxylic acid groups (broad SMARTS) is 2. The van der Waals surface area contributed by atoms with Gasteiger partial charge in [-0.1, -0.05) is 71.1 Å². The van der Waals surface area contributed by atoms with Gasteiger partial charge in [-0.2, -0.15) is 0 Å². The van der Waals surface area contributed by atoms with Crippen LogP contribution in [0.2, 0.25) is 0 Å². The predicted octanol–water partition coefficient (Wildman–Crippen LogP) is 1.24. The minimum absolute atomic E-state index is 0. The standard InChI is InChI=1S/C19H35NO5.K.H/c1-2-3-4-5-6-7-8-9-10-11-12-13-17(21)20-16(19(24)25)14-15-18(22)23;;/h16H,2-15H2,1H3,(H,20,21)(H,22,23)(H,24,25);;/q;+1;-1/t16-;;/m0../s1. The van der Waals surface area contributed by atoms with Crippen molar-refractivity contribution in [3.63, 3.8) is 0 Å². The molecule has 6 nitrogen and oxygen atoms in total. The molecular formula is C19H36KNO5. The van der Waals surface area contributed by atoms with Crippen molar-refractivity contribution in [3.05, 3.63) is 0 Å². The van der Waals surface area contributed by atoms with Crippen LogP contribution in [0, 0.1) is 0 Å². The zero-order valence-electron chi connectivity index (χ0n) is 17.6. The molecule has 0 saturated carbocycles. The van der Waals surface area contributed by atoms with Crippen molar-refractivity contribution in [2.24, 2.45) is 0 Å². The zero-order chi connectivity index (χ0) is 18.9. The van der Waals surface area contributed by atoms with Crippen LogP contribution >= 0.6 is 0 Å². The van der Waals surface area contributed by atoms with E-state index in [1.54, 1.807) is 0 Å². The maximum Gasteiger partial charge on any atom is 1.00 e. The van der Waals surface area contributed by atoms with Gasteiger partial charge in [0.15, 0.2) is 0 Å². The molecule has 26 heavy (non-hydrogen) atoms. The van der Waals surface area contributed by atoms with Crippen LogP contribution in [0.25, 0.3) is 0 Å². The molecule has 1 atom stereocenters. The molecule has 0 rings (SSSR count). The summed E-state index contributed by atoms with van der Waals surface area (Å²) in [5, 5.41) is 20.0. The summed E-state index contributed by atoms with van der Waals surface area (Å²) in [4.78, 5) is 33.2. The van der Waals surface area contributed by atoms with Crippen molar-refractivity contribution in [3.8, 4) is 0 Å². The molecule has 7 heteroatoms. The van der Waals surface area contributed by atoms with E-state index in [9.17, 15) is 14.4 Å². The number of rotatable bonds is 17. The van der Waals surface area contributed by atoms with Gasteiger partial charge in [0.1, 0.15) is 6.04 Å². The molecule has 0 unspecified atom stereocenters. The van der Waals surface area contributed by atoms with Crippen LogP contribution in [-0.4, -0.2) is 34.1 Å². The third-order valence-electron chi connectivity index (χ3n) is 4.29. The summed E-state index contributed by atoms with van der Waals surface area (Å²) < 4.78 is 0. The number of hydrogen-bond acceptors (Lipinski definition) is 3. The van der Waals surface area contributed by atoms with E-state index in [-0.39, 0.29) is 71.6 Å². The third-order valence-corrected chi connectivity index (χ3v) is 4.29. The fraction of sp³-hybridized carbons (Fsp3) is 0.842. The van der Waals surface area contributed by atoms with E-state index < -0.39 is 18.0 Å². The number of nitrogens with one attached hydrogen (secondary N) is 1. The second kappa shape index (κ2) is 19.8. The molecule has 0 radical (unpaired) electrons. The van der Waals surface area contributed by atoms with Crippen molar-refractivity contribution in [2.75, 3.05) is 0 Å². The third kappa shape index (κ3) is 18.8. The van der Waals surface area contributed by atoms with Crippen LogP contribution in [-0.2, 0) is 14.4 Å². The molecular weight excluding hydrogens is 361 g/mol. The molecule has 0 saturated heterocycles. The molecule has 0 aliphatic carbocycles. The van der Waals surface area contributed by atoms with E-state index in [4.69, 9.17) is 10.2 Å². The van der Waals surface area contributed by atoms with Crippen molar-refractivity contribution < 1.29 is 77.4 Å². The molecule has 0 aromatic carbocycles. The fourth-order valence-corrected chi connectivity index (χ4v) is 2.74. The average Bonchev–Trinajstić information content (AvgIpc) is 2.56. The van der Waals surface area contributed by atoms with Gasteiger partial charge in [-0.15, -0.1) is 0 Å². The van der Waals surface area contributed by atoms with Gasteiger partial charge < -0.3 is 17.0 Å². The smallest absolute Gasteiger partial charge is 1.00 e. The first-order valence-corrected chi connectivity index (χ1v) is 9.71. The number of carbonyl (C=O) groups is 3. The second-order valence-corrected chi connectivity index (χ2v) is 6.68. The first-order valence-electron chi connectivity index (χ1n) is 9.71. The Hall–Kier alpha value is 0.0464. The molecule has 0 aromatic rings. The molecule has 0 spiro atoms. The number of amides is 1. The van der Waals surface area contributed by atoms with E-state index in [0.717, 1.165) is 19.3 Å². The SMILES string of the molecule is CCCCCCCCCCCCCC(=O)N[C@@H](CCC(=O)O)C(=O)O.[H-].[K+]. The van der Waals surface area contributed by atoms with Gasteiger partial charge in [0.05, 0.1) is 0 Å². The predicted molar refractivity (Wildman–Crippen MR) is 98.6 cm³/mol. The van der Waals surface area contributed by atoms with E-state index in [1.807, 2.05) is 0 Å². The summed E-state index contributed by atoms with van der Waals surface area (Å²) in [5.41, 5.74) is 0.